The van der Waals surface area contributed by atoms with Crippen molar-refractivity contribution in [1.29, 1.82) is 0 Å². The molecule has 0 amide bonds. The Kier molecular flexibility index (Phi) is 4.49. The number of nitrogens with one attached hydrogen (secondary N) is 1. The van der Waals surface area contributed by atoms with Gasteiger partial charge in [-0.1, -0.05) is 18.7 Å². The van der Waals surface area contributed by atoms with Gasteiger partial charge in [0, 0.05) is 5.69 Å². The molecular weight excluding hydrogens is 260 g/mol. The third-order valence-corrected chi connectivity index (χ3v) is 3.54. The highest BCUT2D eigenvalue weighted by atomic mass is 32.2. The van der Waals surface area contributed by atoms with E-state index in [2.05, 4.69) is 9.97 Å². The zero-order valence-electron chi connectivity index (χ0n) is 9.76. The van der Waals surface area contributed by atoms with Gasteiger partial charge in [0.25, 0.3) is 0 Å². The Labute approximate surface area is 106 Å². The normalized spacial score (nSPS) is 12.1. The standard InChI is InChI=1S/C10H12N2O5S/c1-3-5(8(13)14)18-7-6(9(15)16)4(2)11-10(17)12-7/h5H,3H2,1-2H3,(H,13,14)(H,15,16)(H,11,12,17). The van der Waals surface area contributed by atoms with Crippen molar-refractivity contribution in [2.45, 2.75) is 30.5 Å². The van der Waals surface area contributed by atoms with Crippen LogP contribution in [-0.4, -0.2) is 37.4 Å². The molecule has 0 spiro atoms. The van der Waals surface area contributed by atoms with Crippen molar-refractivity contribution in [3.63, 3.8) is 0 Å². The molecule has 7 nitrogen and oxygen atoms in total. The van der Waals surface area contributed by atoms with Crippen LogP contribution < -0.4 is 5.69 Å². The molecule has 1 unspecified atom stereocenters. The number of aryl methyl sites for hydroxylation is 1. The quantitative estimate of drug-likeness (QED) is 0.533. The summed E-state index contributed by atoms with van der Waals surface area (Å²) >= 11 is 0.769. The van der Waals surface area contributed by atoms with Gasteiger partial charge in [0.05, 0.1) is 0 Å². The van der Waals surface area contributed by atoms with Crippen molar-refractivity contribution in [2.24, 2.45) is 0 Å². The third kappa shape index (κ3) is 3.10. The van der Waals surface area contributed by atoms with E-state index in [1.54, 1.807) is 6.92 Å². The molecule has 1 atom stereocenters. The summed E-state index contributed by atoms with van der Waals surface area (Å²) < 4.78 is 0. The minimum Gasteiger partial charge on any atom is -0.480 e. The van der Waals surface area contributed by atoms with E-state index >= 15 is 0 Å². The van der Waals surface area contributed by atoms with Gasteiger partial charge in [-0.2, -0.15) is 4.98 Å². The van der Waals surface area contributed by atoms with Crippen LogP contribution in [0.4, 0.5) is 0 Å². The number of nitrogens with zero attached hydrogens (tertiary/aromatic N) is 1. The minimum absolute atomic E-state index is 0.0713. The summed E-state index contributed by atoms with van der Waals surface area (Å²) in [4.78, 5) is 39.0. The molecule has 0 aliphatic heterocycles. The number of aromatic carboxylic acids is 1. The average molecular weight is 272 g/mol. The Morgan fingerprint density at radius 1 is 1.44 bits per heavy atom. The van der Waals surface area contributed by atoms with Gasteiger partial charge in [-0.05, 0) is 13.3 Å². The molecule has 1 heterocycles. The van der Waals surface area contributed by atoms with Crippen molar-refractivity contribution in [2.75, 3.05) is 0 Å². The predicted octanol–water partition coefficient (Wildman–Crippen LogP) is 0.732. The number of H-pyrrole nitrogens is 1. The van der Waals surface area contributed by atoms with Crippen LogP contribution in [0.5, 0.6) is 0 Å². The maximum atomic E-state index is 11.2. The second-order valence-electron chi connectivity index (χ2n) is 3.51. The molecule has 98 valence electrons. The molecule has 0 aromatic carbocycles. The lowest BCUT2D eigenvalue weighted by atomic mass is 10.2. The summed E-state index contributed by atoms with van der Waals surface area (Å²) in [6.45, 7) is 3.09. The SMILES string of the molecule is CCC(Sc1nc(=O)[nH]c(C)c1C(=O)O)C(=O)O. The Balaban J connectivity index is 3.26. The number of carboxylic acid groups (broad SMARTS) is 2. The molecule has 0 fully saturated rings. The number of aromatic nitrogens is 2. The summed E-state index contributed by atoms with van der Waals surface area (Å²) in [6.07, 6.45) is 0.298. The van der Waals surface area contributed by atoms with Crippen LogP contribution in [0.1, 0.15) is 29.4 Å². The largest absolute Gasteiger partial charge is 0.480 e. The van der Waals surface area contributed by atoms with Crippen LogP contribution in [0, 0.1) is 6.92 Å². The van der Waals surface area contributed by atoms with Crippen LogP contribution in [0.2, 0.25) is 0 Å². The van der Waals surface area contributed by atoms with Crippen LogP contribution in [-0.2, 0) is 4.79 Å². The highest BCUT2D eigenvalue weighted by Crippen LogP contribution is 2.27. The second kappa shape index (κ2) is 5.67. The second-order valence-corrected chi connectivity index (χ2v) is 4.70. The first-order valence-corrected chi connectivity index (χ1v) is 5.98. The molecule has 0 radical (unpaired) electrons. The predicted molar refractivity (Wildman–Crippen MR) is 64.1 cm³/mol. The van der Waals surface area contributed by atoms with Crippen molar-refractivity contribution in [3.8, 4) is 0 Å². The van der Waals surface area contributed by atoms with E-state index in [0.717, 1.165) is 11.8 Å². The number of hydrogen-bond acceptors (Lipinski definition) is 5. The Hall–Kier alpha value is -1.83. The van der Waals surface area contributed by atoms with Gasteiger partial charge in [-0.25, -0.2) is 9.59 Å². The summed E-state index contributed by atoms with van der Waals surface area (Å²) in [5.41, 5.74) is -0.704. The summed E-state index contributed by atoms with van der Waals surface area (Å²) in [6, 6.07) is 0. The zero-order valence-corrected chi connectivity index (χ0v) is 10.6. The van der Waals surface area contributed by atoms with Gasteiger partial charge in [-0.3, -0.25) is 4.79 Å². The van der Waals surface area contributed by atoms with Gasteiger partial charge in [0.2, 0.25) is 0 Å². The molecule has 3 N–H and O–H groups in total. The molecule has 1 aromatic rings. The maximum absolute atomic E-state index is 11.2. The number of aliphatic carboxylic acids is 1. The molecule has 1 aromatic heterocycles. The monoisotopic (exact) mass is 272 g/mol. The van der Waals surface area contributed by atoms with Gasteiger partial charge in [0.15, 0.2) is 0 Å². The van der Waals surface area contributed by atoms with Crippen LogP contribution in [0.25, 0.3) is 0 Å². The van der Waals surface area contributed by atoms with Crippen LogP contribution >= 0.6 is 11.8 Å². The van der Waals surface area contributed by atoms with E-state index in [0.29, 0.717) is 6.42 Å². The highest BCUT2D eigenvalue weighted by molar-refractivity contribution is 8.00. The number of hydrogen-bond donors (Lipinski definition) is 3. The molecule has 18 heavy (non-hydrogen) atoms. The minimum atomic E-state index is -1.25. The van der Waals surface area contributed by atoms with Crippen molar-refractivity contribution in [1.82, 2.24) is 9.97 Å². The third-order valence-electron chi connectivity index (χ3n) is 2.20. The van der Waals surface area contributed by atoms with E-state index in [1.807, 2.05) is 0 Å². The lowest BCUT2D eigenvalue weighted by molar-refractivity contribution is -0.136. The summed E-state index contributed by atoms with van der Waals surface area (Å²) in [5.74, 6) is -2.32. The van der Waals surface area contributed by atoms with Gasteiger partial charge < -0.3 is 15.2 Å². The maximum Gasteiger partial charge on any atom is 0.346 e. The smallest absolute Gasteiger partial charge is 0.346 e. The average Bonchev–Trinajstić information content (AvgIpc) is 2.23. The van der Waals surface area contributed by atoms with Crippen LogP contribution in [0.3, 0.4) is 0 Å². The van der Waals surface area contributed by atoms with Crippen molar-refractivity contribution >= 4 is 23.7 Å². The van der Waals surface area contributed by atoms with E-state index in [9.17, 15) is 14.4 Å². The molecule has 0 aliphatic rings. The number of aromatic amines is 1. The Bertz CT molecular complexity index is 540. The fourth-order valence-corrected chi connectivity index (χ4v) is 2.37. The summed E-state index contributed by atoms with van der Waals surface area (Å²) in [5, 5.41) is 17.1. The first kappa shape index (κ1) is 14.2. The molecule has 1 rings (SSSR count). The van der Waals surface area contributed by atoms with E-state index in [-0.39, 0.29) is 16.3 Å². The summed E-state index contributed by atoms with van der Waals surface area (Å²) in [7, 11) is 0. The first-order valence-electron chi connectivity index (χ1n) is 5.10. The Morgan fingerprint density at radius 2 is 2.06 bits per heavy atom. The van der Waals surface area contributed by atoms with Gasteiger partial charge in [-0.15, -0.1) is 0 Å². The molecule has 0 aliphatic carbocycles. The number of carboxylic acids is 2. The lowest BCUT2D eigenvalue weighted by Crippen LogP contribution is -2.21. The number of carbonyl (C=O) groups is 2. The number of thioether (sulfide) groups is 1. The van der Waals surface area contributed by atoms with E-state index in [4.69, 9.17) is 10.2 Å². The molecular formula is C10H12N2O5S. The fraction of sp³-hybridized carbons (Fsp3) is 0.400. The van der Waals surface area contributed by atoms with Gasteiger partial charge in [0.1, 0.15) is 15.8 Å². The molecule has 0 saturated carbocycles. The number of rotatable bonds is 5. The van der Waals surface area contributed by atoms with Crippen molar-refractivity contribution in [3.05, 3.63) is 21.7 Å². The van der Waals surface area contributed by atoms with E-state index in [1.165, 1.54) is 6.92 Å². The molecule has 0 bridgehead atoms. The lowest BCUT2D eigenvalue weighted by Gasteiger charge is -2.11. The van der Waals surface area contributed by atoms with Gasteiger partial charge >= 0.3 is 17.6 Å². The highest BCUT2D eigenvalue weighted by Gasteiger charge is 2.23. The first-order chi connectivity index (χ1) is 8.36. The molecule has 0 saturated heterocycles. The zero-order chi connectivity index (χ0) is 13.9. The fourth-order valence-electron chi connectivity index (χ4n) is 1.34. The van der Waals surface area contributed by atoms with Crippen molar-refractivity contribution < 1.29 is 19.8 Å². The Morgan fingerprint density at radius 3 is 2.50 bits per heavy atom. The van der Waals surface area contributed by atoms with Crippen LogP contribution in [0.15, 0.2) is 9.82 Å². The topological polar surface area (TPSA) is 120 Å². The molecule has 8 heteroatoms. The van der Waals surface area contributed by atoms with E-state index < -0.39 is 22.9 Å².